The molecule has 4 rings (SSSR count). The van der Waals surface area contributed by atoms with Crippen molar-refractivity contribution < 1.29 is 9.53 Å². The molecule has 26 heavy (non-hydrogen) atoms. The molecule has 3 atom stereocenters. The minimum absolute atomic E-state index is 0. The summed E-state index contributed by atoms with van der Waals surface area (Å²) in [6.07, 6.45) is 9.88. The number of nitrogens with one attached hydrogen (secondary N) is 1. The fourth-order valence-corrected chi connectivity index (χ4v) is 4.88. The Labute approximate surface area is 168 Å². The fraction of sp³-hybridized carbons (Fsp3) is 0.684. The molecule has 146 valence electrons. The van der Waals surface area contributed by atoms with Gasteiger partial charge in [0.2, 0.25) is 5.91 Å². The highest BCUT2D eigenvalue weighted by atomic mass is 35.5. The lowest BCUT2D eigenvalue weighted by Crippen LogP contribution is -2.52. The van der Waals surface area contributed by atoms with Crippen LogP contribution in [0.2, 0.25) is 0 Å². The lowest BCUT2D eigenvalue weighted by Gasteiger charge is -2.41. The summed E-state index contributed by atoms with van der Waals surface area (Å²) in [4.78, 5) is 19.4. The van der Waals surface area contributed by atoms with Gasteiger partial charge in [-0.1, -0.05) is 6.92 Å². The van der Waals surface area contributed by atoms with Crippen molar-refractivity contribution in [1.82, 2.24) is 15.2 Å². The second kappa shape index (κ2) is 8.77. The van der Waals surface area contributed by atoms with Crippen molar-refractivity contribution in [3.63, 3.8) is 0 Å². The Bertz CT molecular complexity index is 596. The predicted octanol–water partition coefficient (Wildman–Crippen LogP) is 3.22. The quantitative estimate of drug-likeness (QED) is 0.841. The number of fused-ring (bicyclic) bond motifs is 2. The normalized spacial score (nSPS) is 30.4. The van der Waals surface area contributed by atoms with Crippen LogP contribution in [0.15, 0.2) is 24.5 Å². The first-order chi connectivity index (χ1) is 11.7. The molecule has 0 saturated carbocycles. The van der Waals surface area contributed by atoms with Gasteiger partial charge in [-0.25, -0.2) is 0 Å². The Morgan fingerprint density at radius 1 is 1.31 bits per heavy atom. The van der Waals surface area contributed by atoms with Crippen molar-refractivity contribution in [2.45, 2.75) is 63.6 Å². The zero-order valence-electron chi connectivity index (χ0n) is 15.2. The number of carbonyl (C=O) groups excluding carboxylic acids is 1. The predicted molar refractivity (Wildman–Crippen MR) is 106 cm³/mol. The van der Waals surface area contributed by atoms with Gasteiger partial charge in [0, 0.05) is 44.2 Å². The van der Waals surface area contributed by atoms with E-state index in [4.69, 9.17) is 4.74 Å². The lowest BCUT2D eigenvalue weighted by atomic mass is 9.70. The number of ether oxygens (including phenoxy) is 1. The maximum atomic E-state index is 13.2. The highest BCUT2D eigenvalue weighted by Gasteiger charge is 2.55. The fourth-order valence-electron chi connectivity index (χ4n) is 4.88. The highest BCUT2D eigenvalue weighted by molar-refractivity contribution is 5.86. The van der Waals surface area contributed by atoms with Crippen LogP contribution in [-0.4, -0.2) is 47.1 Å². The Balaban J connectivity index is 0.00000121. The van der Waals surface area contributed by atoms with Crippen LogP contribution in [0.3, 0.4) is 0 Å². The molecule has 1 N–H and O–H groups in total. The van der Waals surface area contributed by atoms with Gasteiger partial charge in [-0.15, -0.1) is 24.8 Å². The molecule has 0 unspecified atom stereocenters. The molecule has 3 aliphatic heterocycles. The number of halogens is 2. The SMILES string of the molecule is CC[C@@]1(C(=O)N2CCC(Oc3cccnc3)CC2)C[C@@H]2CC[C@H]1N2.Cl.Cl. The second-order valence-corrected chi connectivity index (χ2v) is 7.51. The van der Waals surface area contributed by atoms with Crippen LogP contribution in [0.1, 0.15) is 45.4 Å². The molecule has 0 aromatic carbocycles. The van der Waals surface area contributed by atoms with E-state index in [0.29, 0.717) is 18.0 Å². The van der Waals surface area contributed by atoms with E-state index in [0.717, 1.165) is 50.9 Å². The summed E-state index contributed by atoms with van der Waals surface area (Å²) in [5.41, 5.74) is -0.153. The van der Waals surface area contributed by atoms with Crippen molar-refractivity contribution in [3.8, 4) is 5.75 Å². The first kappa shape index (κ1) is 21.3. The summed E-state index contributed by atoms with van der Waals surface area (Å²) < 4.78 is 6.00. The minimum Gasteiger partial charge on any atom is -0.489 e. The molecular weight excluding hydrogens is 373 g/mol. The van der Waals surface area contributed by atoms with Crippen LogP contribution >= 0.6 is 24.8 Å². The van der Waals surface area contributed by atoms with Crippen molar-refractivity contribution in [2.75, 3.05) is 13.1 Å². The van der Waals surface area contributed by atoms with Gasteiger partial charge >= 0.3 is 0 Å². The van der Waals surface area contributed by atoms with E-state index in [1.165, 1.54) is 6.42 Å². The topological polar surface area (TPSA) is 54.5 Å². The summed E-state index contributed by atoms with van der Waals surface area (Å²) in [6, 6.07) is 4.79. The molecule has 0 spiro atoms. The Morgan fingerprint density at radius 3 is 2.62 bits per heavy atom. The van der Waals surface area contributed by atoms with Gasteiger partial charge in [0.1, 0.15) is 11.9 Å². The maximum Gasteiger partial charge on any atom is 0.230 e. The number of hydrogen-bond donors (Lipinski definition) is 1. The molecule has 7 heteroatoms. The van der Waals surface area contributed by atoms with Crippen LogP contribution in [0.4, 0.5) is 0 Å². The number of likely N-dealkylation sites (tertiary alicyclic amines) is 1. The average Bonchev–Trinajstić information content (AvgIpc) is 3.24. The highest BCUT2D eigenvalue weighted by Crippen LogP contribution is 2.47. The largest absolute Gasteiger partial charge is 0.489 e. The molecule has 4 heterocycles. The van der Waals surface area contributed by atoms with E-state index in [1.54, 1.807) is 12.4 Å². The smallest absolute Gasteiger partial charge is 0.230 e. The third-order valence-corrected chi connectivity index (χ3v) is 6.24. The van der Waals surface area contributed by atoms with Crippen LogP contribution in [0.5, 0.6) is 5.75 Å². The number of amides is 1. The Morgan fingerprint density at radius 2 is 2.08 bits per heavy atom. The first-order valence-electron chi connectivity index (χ1n) is 9.33. The molecule has 5 nitrogen and oxygen atoms in total. The second-order valence-electron chi connectivity index (χ2n) is 7.51. The Kier molecular flexibility index (Phi) is 7.17. The summed E-state index contributed by atoms with van der Waals surface area (Å²) in [7, 11) is 0. The van der Waals surface area contributed by atoms with Crippen molar-refractivity contribution in [1.29, 1.82) is 0 Å². The van der Waals surface area contributed by atoms with Gasteiger partial charge in [0.15, 0.2) is 0 Å². The molecule has 0 radical (unpaired) electrons. The van der Waals surface area contributed by atoms with E-state index < -0.39 is 0 Å². The van der Waals surface area contributed by atoms with Crippen molar-refractivity contribution in [2.24, 2.45) is 5.41 Å². The number of pyridine rings is 1. The van der Waals surface area contributed by atoms with E-state index in [-0.39, 0.29) is 36.3 Å². The van der Waals surface area contributed by atoms with Gasteiger partial charge in [-0.05, 0) is 37.8 Å². The monoisotopic (exact) mass is 401 g/mol. The summed E-state index contributed by atoms with van der Waals surface area (Å²) >= 11 is 0. The number of piperidine rings is 1. The molecule has 3 saturated heterocycles. The van der Waals surface area contributed by atoms with Crippen molar-refractivity contribution >= 4 is 30.7 Å². The minimum atomic E-state index is -0.153. The van der Waals surface area contributed by atoms with Crippen LogP contribution < -0.4 is 10.1 Å². The van der Waals surface area contributed by atoms with Gasteiger partial charge in [-0.3, -0.25) is 9.78 Å². The summed E-state index contributed by atoms with van der Waals surface area (Å²) in [6.45, 7) is 3.80. The summed E-state index contributed by atoms with van der Waals surface area (Å²) in [5, 5.41) is 3.65. The molecule has 1 amide bonds. The first-order valence-corrected chi connectivity index (χ1v) is 9.33. The zero-order chi connectivity index (χ0) is 16.6. The maximum absolute atomic E-state index is 13.2. The van der Waals surface area contributed by atoms with Crippen LogP contribution in [0, 0.1) is 5.41 Å². The van der Waals surface area contributed by atoms with Gasteiger partial charge in [-0.2, -0.15) is 0 Å². The third-order valence-electron chi connectivity index (χ3n) is 6.24. The van der Waals surface area contributed by atoms with Crippen LogP contribution in [0.25, 0.3) is 0 Å². The number of aromatic nitrogens is 1. The van der Waals surface area contributed by atoms with Gasteiger partial charge in [0.05, 0.1) is 11.6 Å². The van der Waals surface area contributed by atoms with Crippen LogP contribution in [-0.2, 0) is 4.79 Å². The number of hydrogen-bond acceptors (Lipinski definition) is 4. The molecule has 3 fully saturated rings. The molecular formula is C19H29Cl2N3O2. The molecule has 1 aromatic rings. The molecule has 0 aliphatic carbocycles. The standard InChI is InChI=1S/C19H27N3O2.2ClH/c1-2-19(12-14-5-6-17(19)21-14)18(23)22-10-7-15(8-11-22)24-16-4-3-9-20-13-16;;/h3-4,9,13-15,17,21H,2,5-8,10-12H2,1H3;2*1H/t14-,17+,19+;;/m0../s1. The van der Waals surface area contributed by atoms with E-state index >= 15 is 0 Å². The van der Waals surface area contributed by atoms with Crippen molar-refractivity contribution in [3.05, 3.63) is 24.5 Å². The number of carbonyl (C=O) groups is 1. The van der Waals surface area contributed by atoms with E-state index in [1.807, 2.05) is 12.1 Å². The zero-order valence-corrected chi connectivity index (χ0v) is 16.9. The molecule has 2 bridgehead atoms. The third kappa shape index (κ3) is 3.80. The van der Waals surface area contributed by atoms with Gasteiger partial charge < -0.3 is 15.0 Å². The lowest BCUT2D eigenvalue weighted by molar-refractivity contribution is -0.145. The van der Waals surface area contributed by atoms with E-state index in [9.17, 15) is 4.79 Å². The van der Waals surface area contributed by atoms with E-state index in [2.05, 4.69) is 22.1 Å². The average molecular weight is 402 g/mol. The molecule has 1 aromatic heterocycles. The Hall–Kier alpha value is -1.04. The van der Waals surface area contributed by atoms with Gasteiger partial charge in [0.25, 0.3) is 0 Å². The number of nitrogens with zero attached hydrogens (tertiary/aromatic N) is 2. The number of rotatable bonds is 4. The summed E-state index contributed by atoms with van der Waals surface area (Å²) in [5.74, 6) is 1.20. The molecule has 3 aliphatic rings.